The Kier molecular flexibility index (Phi) is 3.05. The third kappa shape index (κ3) is 2.51. The Labute approximate surface area is 115 Å². The van der Waals surface area contributed by atoms with E-state index in [2.05, 4.69) is 16.4 Å². The number of benzene rings is 2. The van der Waals surface area contributed by atoms with Gasteiger partial charge in [-0.1, -0.05) is 6.07 Å². The molecule has 1 aromatic heterocycles. The second-order valence-electron chi connectivity index (χ2n) is 4.10. The number of hydrogen-bond donors (Lipinski definition) is 2. The topological polar surface area (TPSA) is 64.1 Å². The third-order valence-corrected chi connectivity index (χ3v) is 3.46. The van der Waals surface area contributed by atoms with Gasteiger partial charge in [0.2, 0.25) is 0 Å². The number of hydrogen-bond acceptors (Lipinski definition) is 5. The monoisotopic (exact) mass is 271 g/mol. The molecule has 0 aliphatic heterocycles. The Bertz CT molecular complexity index is 724. The Morgan fingerprint density at radius 2 is 2.11 bits per heavy atom. The lowest BCUT2D eigenvalue weighted by molar-refractivity contribution is 0.623. The molecule has 1 heterocycles. The van der Waals surface area contributed by atoms with Gasteiger partial charge in [0.15, 0.2) is 5.58 Å². The Morgan fingerprint density at radius 3 is 2.95 bits per heavy atom. The van der Waals surface area contributed by atoms with Crippen LogP contribution in [-0.4, -0.2) is 11.2 Å². The fourth-order valence-electron chi connectivity index (χ4n) is 1.82. The smallest absolute Gasteiger partial charge is 0.300 e. The molecule has 96 valence electrons. The molecule has 0 bridgehead atoms. The van der Waals surface area contributed by atoms with Crippen molar-refractivity contribution in [1.82, 2.24) is 4.98 Å². The number of nitrogens with zero attached hydrogens (tertiary/aromatic N) is 1. The van der Waals surface area contributed by atoms with E-state index in [-0.39, 0.29) is 0 Å². The number of thioether (sulfide) groups is 1. The molecule has 19 heavy (non-hydrogen) atoms. The molecule has 0 saturated heterocycles. The highest BCUT2D eigenvalue weighted by Crippen LogP contribution is 2.25. The molecule has 3 aromatic rings. The van der Waals surface area contributed by atoms with Gasteiger partial charge in [0, 0.05) is 22.3 Å². The molecule has 0 unspecified atom stereocenters. The third-order valence-electron chi connectivity index (χ3n) is 2.73. The van der Waals surface area contributed by atoms with Crippen molar-refractivity contribution in [3.63, 3.8) is 0 Å². The quantitative estimate of drug-likeness (QED) is 0.559. The SMILES string of the molecule is CSc1cccc(Nc2nc3ccc(N)cc3o2)c1. The maximum atomic E-state index is 5.71. The second kappa shape index (κ2) is 4.85. The molecule has 3 rings (SSSR count). The number of fused-ring (bicyclic) bond motifs is 1. The molecule has 5 heteroatoms. The van der Waals surface area contributed by atoms with Crippen LogP contribution < -0.4 is 11.1 Å². The van der Waals surface area contributed by atoms with Crippen molar-refractivity contribution in [3.05, 3.63) is 42.5 Å². The van der Waals surface area contributed by atoms with Crippen molar-refractivity contribution in [3.8, 4) is 0 Å². The number of nitrogen functional groups attached to an aromatic ring is 1. The van der Waals surface area contributed by atoms with Crippen molar-refractivity contribution in [2.75, 3.05) is 17.3 Å². The lowest BCUT2D eigenvalue weighted by atomic mass is 10.3. The molecule has 0 aliphatic carbocycles. The average Bonchev–Trinajstić information content (AvgIpc) is 2.80. The zero-order valence-electron chi connectivity index (χ0n) is 10.4. The molecule has 3 N–H and O–H groups in total. The lowest BCUT2D eigenvalue weighted by Crippen LogP contribution is -1.89. The van der Waals surface area contributed by atoms with Gasteiger partial charge in [-0.25, -0.2) is 0 Å². The van der Waals surface area contributed by atoms with Crippen molar-refractivity contribution < 1.29 is 4.42 Å². The van der Waals surface area contributed by atoms with Crippen LogP contribution in [0.2, 0.25) is 0 Å². The molecule has 0 fully saturated rings. The van der Waals surface area contributed by atoms with E-state index in [1.807, 2.05) is 36.6 Å². The number of aromatic nitrogens is 1. The van der Waals surface area contributed by atoms with Crippen LogP contribution in [0.5, 0.6) is 0 Å². The minimum atomic E-state index is 0.471. The van der Waals surface area contributed by atoms with Crippen molar-refractivity contribution in [2.45, 2.75) is 4.90 Å². The summed E-state index contributed by atoms with van der Waals surface area (Å²) in [5, 5.41) is 3.16. The summed E-state index contributed by atoms with van der Waals surface area (Å²) in [6, 6.07) is 14.0. The van der Waals surface area contributed by atoms with Crippen molar-refractivity contribution in [2.24, 2.45) is 0 Å². The van der Waals surface area contributed by atoms with E-state index < -0.39 is 0 Å². The summed E-state index contributed by atoms with van der Waals surface area (Å²) >= 11 is 1.69. The van der Waals surface area contributed by atoms with Gasteiger partial charge in [-0.15, -0.1) is 11.8 Å². The highest BCUT2D eigenvalue weighted by Gasteiger charge is 2.06. The van der Waals surface area contributed by atoms with E-state index in [1.165, 1.54) is 4.90 Å². The Morgan fingerprint density at radius 1 is 1.21 bits per heavy atom. The predicted molar refractivity (Wildman–Crippen MR) is 79.9 cm³/mol. The average molecular weight is 271 g/mol. The molecule has 0 amide bonds. The van der Waals surface area contributed by atoms with Gasteiger partial charge >= 0.3 is 0 Å². The van der Waals surface area contributed by atoms with Gasteiger partial charge < -0.3 is 15.5 Å². The first-order valence-corrected chi connectivity index (χ1v) is 7.04. The van der Waals surface area contributed by atoms with Crippen LogP contribution in [0.25, 0.3) is 11.1 Å². The first-order valence-electron chi connectivity index (χ1n) is 5.82. The van der Waals surface area contributed by atoms with Crippen molar-refractivity contribution in [1.29, 1.82) is 0 Å². The molecular weight excluding hydrogens is 258 g/mol. The predicted octanol–water partition coefficient (Wildman–Crippen LogP) is 3.88. The summed E-state index contributed by atoms with van der Waals surface area (Å²) in [6.07, 6.45) is 2.04. The van der Waals surface area contributed by atoms with Gasteiger partial charge in [0.25, 0.3) is 6.01 Å². The maximum Gasteiger partial charge on any atom is 0.300 e. The zero-order chi connectivity index (χ0) is 13.2. The van der Waals surface area contributed by atoms with Gasteiger partial charge in [-0.2, -0.15) is 4.98 Å². The van der Waals surface area contributed by atoms with Crippen molar-refractivity contribution >= 4 is 40.3 Å². The normalized spacial score (nSPS) is 10.8. The van der Waals surface area contributed by atoms with Crippen LogP contribution in [-0.2, 0) is 0 Å². The maximum absolute atomic E-state index is 5.71. The highest BCUT2D eigenvalue weighted by atomic mass is 32.2. The fraction of sp³-hybridized carbons (Fsp3) is 0.0714. The largest absolute Gasteiger partial charge is 0.423 e. The summed E-state index contributed by atoms with van der Waals surface area (Å²) in [4.78, 5) is 5.55. The number of anilines is 3. The van der Waals surface area contributed by atoms with Crippen LogP contribution in [0.3, 0.4) is 0 Å². The molecule has 0 saturated carbocycles. The van der Waals surface area contributed by atoms with E-state index >= 15 is 0 Å². The molecule has 0 aliphatic rings. The standard InChI is InChI=1S/C14H13N3OS/c1-19-11-4-2-3-10(8-11)16-14-17-12-6-5-9(15)7-13(12)18-14/h2-8H,15H2,1H3,(H,16,17). The van der Waals surface area contributed by atoms with Crippen LogP contribution in [0.4, 0.5) is 17.4 Å². The first-order chi connectivity index (χ1) is 9.24. The van der Waals surface area contributed by atoms with Crippen LogP contribution in [0.15, 0.2) is 51.8 Å². The van der Waals surface area contributed by atoms with E-state index in [0.717, 1.165) is 11.2 Å². The fourth-order valence-corrected chi connectivity index (χ4v) is 2.28. The van der Waals surface area contributed by atoms with E-state index in [0.29, 0.717) is 17.3 Å². The minimum absolute atomic E-state index is 0.471. The number of nitrogens with one attached hydrogen (secondary N) is 1. The number of nitrogens with two attached hydrogens (primary N) is 1. The molecule has 0 spiro atoms. The first kappa shape index (κ1) is 11.9. The summed E-state index contributed by atoms with van der Waals surface area (Å²) in [6.45, 7) is 0. The Balaban J connectivity index is 1.92. The van der Waals surface area contributed by atoms with Crippen LogP contribution >= 0.6 is 11.8 Å². The molecular formula is C14H13N3OS. The van der Waals surface area contributed by atoms with E-state index in [9.17, 15) is 0 Å². The lowest BCUT2D eigenvalue weighted by Gasteiger charge is -2.02. The van der Waals surface area contributed by atoms with E-state index in [1.54, 1.807) is 17.8 Å². The Hall–Kier alpha value is -2.14. The minimum Gasteiger partial charge on any atom is -0.423 e. The van der Waals surface area contributed by atoms with Crippen LogP contribution in [0.1, 0.15) is 0 Å². The van der Waals surface area contributed by atoms with Gasteiger partial charge in [-0.3, -0.25) is 0 Å². The molecule has 2 aromatic carbocycles. The van der Waals surface area contributed by atoms with E-state index in [4.69, 9.17) is 10.2 Å². The highest BCUT2D eigenvalue weighted by molar-refractivity contribution is 7.98. The molecule has 0 atom stereocenters. The summed E-state index contributed by atoms with van der Waals surface area (Å²) in [5.74, 6) is 0. The van der Waals surface area contributed by atoms with Gasteiger partial charge in [-0.05, 0) is 36.6 Å². The second-order valence-corrected chi connectivity index (χ2v) is 4.98. The number of oxazole rings is 1. The van der Waals surface area contributed by atoms with Gasteiger partial charge in [0.05, 0.1) is 0 Å². The summed E-state index contributed by atoms with van der Waals surface area (Å²) < 4.78 is 5.62. The molecule has 4 nitrogen and oxygen atoms in total. The number of rotatable bonds is 3. The van der Waals surface area contributed by atoms with Crippen LogP contribution in [0, 0.1) is 0 Å². The zero-order valence-corrected chi connectivity index (χ0v) is 11.2. The van der Waals surface area contributed by atoms with Gasteiger partial charge in [0.1, 0.15) is 5.52 Å². The summed E-state index contributed by atoms with van der Waals surface area (Å²) in [5.41, 5.74) is 8.80. The summed E-state index contributed by atoms with van der Waals surface area (Å²) in [7, 11) is 0. The molecule has 0 radical (unpaired) electrons.